The van der Waals surface area contributed by atoms with Gasteiger partial charge in [0.15, 0.2) is 5.69 Å². The third-order valence-electron chi connectivity index (χ3n) is 6.84. The summed E-state index contributed by atoms with van der Waals surface area (Å²) < 4.78 is 1.64. The molecule has 1 aromatic heterocycles. The van der Waals surface area contributed by atoms with E-state index in [1.807, 2.05) is 31.2 Å². The number of carbonyl (C=O) groups is 3. The van der Waals surface area contributed by atoms with Gasteiger partial charge in [-0.3, -0.25) is 14.4 Å². The highest BCUT2D eigenvalue weighted by Crippen LogP contribution is 2.30. The third kappa shape index (κ3) is 4.69. The highest BCUT2D eigenvalue weighted by atomic mass is 35.5. The van der Waals surface area contributed by atoms with Crippen LogP contribution in [0.2, 0.25) is 5.02 Å². The van der Waals surface area contributed by atoms with E-state index in [0.29, 0.717) is 31.0 Å². The Hall–Kier alpha value is -2.87. The number of rotatable bonds is 8. The van der Waals surface area contributed by atoms with Gasteiger partial charge in [0.1, 0.15) is 11.2 Å². The molecular weight excluding hydrogens is 454 g/mol. The molecule has 3 amide bonds. The minimum absolute atomic E-state index is 0.0866. The maximum absolute atomic E-state index is 13.6. The maximum Gasteiger partial charge on any atom is 0.273 e. The molecule has 34 heavy (non-hydrogen) atoms. The van der Waals surface area contributed by atoms with E-state index in [1.165, 1.54) is 6.33 Å². The zero-order valence-electron chi connectivity index (χ0n) is 19.8. The molecule has 8 nitrogen and oxygen atoms in total. The van der Waals surface area contributed by atoms with E-state index in [-0.39, 0.29) is 35.8 Å². The van der Waals surface area contributed by atoms with E-state index in [9.17, 15) is 14.4 Å². The van der Waals surface area contributed by atoms with Gasteiger partial charge in [-0.1, -0.05) is 49.6 Å². The standard InChI is InChI=1S/C25H32ClN5O3/c1-3-14-31-23(33)21-20(22(32)27-13-12-17-8-4-7-11-19(17)26)28-16-30(21)15-25(31,2)24(34)29-18-9-5-6-10-18/h4,7-8,11,16,18H,3,5-6,9-10,12-15H2,1-2H3,(H,27,32)(H,29,34)/t25-/m1/s1. The van der Waals surface area contributed by atoms with Crippen molar-refractivity contribution in [2.45, 2.75) is 70.5 Å². The Balaban J connectivity index is 1.51. The minimum Gasteiger partial charge on any atom is -0.351 e. The van der Waals surface area contributed by atoms with Crippen LogP contribution in [0.5, 0.6) is 0 Å². The molecule has 0 unspecified atom stereocenters. The van der Waals surface area contributed by atoms with Crippen molar-refractivity contribution in [3.8, 4) is 0 Å². The predicted octanol–water partition coefficient (Wildman–Crippen LogP) is 3.19. The molecule has 1 fully saturated rings. The molecule has 1 atom stereocenters. The van der Waals surface area contributed by atoms with E-state index in [4.69, 9.17) is 11.6 Å². The van der Waals surface area contributed by atoms with Gasteiger partial charge in [0, 0.05) is 24.2 Å². The van der Waals surface area contributed by atoms with Gasteiger partial charge in [-0.2, -0.15) is 0 Å². The summed E-state index contributed by atoms with van der Waals surface area (Å²) in [6, 6.07) is 7.64. The van der Waals surface area contributed by atoms with E-state index in [1.54, 1.807) is 16.4 Å². The van der Waals surface area contributed by atoms with Crippen LogP contribution >= 0.6 is 11.6 Å². The predicted molar refractivity (Wildman–Crippen MR) is 130 cm³/mol. The van der Waals surface area contributed by atoms with E-state index >= 15 is 0 Å². The van der Waals surface area contributed by atoms with Crippen molar-refractivity contribution >= 4 is 29.3 Å². The van der Waals surface area contributed by atoms with Crippen LogP contribution in [0.4, 0.5) is 0 Å². The summed E-state index contributed by atoms with van der Waals surface area (Å²) >= 11 is 6.19. The monoisotopic (exact) mass is 485 g/mol. The third-order valence-corrected chi connectivity index (χ3v) is 7.21. The quantitative estimate of drug-likeness (QED) is 0.600. The van der Waals surface area contributed by atoms with Crippen LogP contribution in [-0.4, -0.2) is 56.8 Å². The number of amides is 3. The van der Waals surface area contributed by atoms with Gasteiger partial charge in [-0.05, 0) is 44.2 Å². The summed E-state index contributed by atoms with van der Waals surface area (Å²) in [4.78, 5) is 45.7. The molecule has 1 aliphatic heterocycles. The van der Waals surface area contributed by atoms with Crippen LogP contribution in [0, 0.1) is 0 Å². The average molecular weight is 486 g/mol. The van der Waals surface area contributed by atoms with Crippen molar-refractivity contribution in [3.63, 3.8) is 0 Å². The first-order chi connectivity index (χ1) is 16.3. The Morgan fingerprint density at radius 3 is 2.68 bits per heavy atom. The van der Waals surface area contributed by atoms with E-state index in [0.717, 1.165) is 31.2 Å². The molecule has 1 aromatic carbocycles. The normalized spacial score (nSPS) is 20.3. The van der Waals surface area contributed by atoms with Gasteiger partial charge >= 0.3 is 0 Å². The van der Waals surface area contributed by atoms with Crippen LogP contribution in [0.1, 0.15) is 72.5 Å². The zero-order valence-corrected chi connectivity index (χ0v) is 20.5. The molecule has 1 aliphatic carbocycles. The molecule has 2 heterocycles. The van der Waals surface area contributed by atoms with Crippen LogP contribution in [0.25, 0.3) is 0 Å². The number of nitrogens with one attached hydrogen (secondary N) is 2. The molecule has 9 heteroatoms. The van der Waals surface area contributed by atoms with Crippen molar-refractivity contribution in [3.05, 3.63) is 52.6 Å². The number of imidazole rings is 1. The molecule has 2 aromatic rings. The first-order valence-electron chi connectivity index (χ1n) is 12.0. The largest absolute Gasteiger partial charge is 0.351 e. The van der Waals surface area contributed by atoms with Crippen LogP contribution in [0.15, 0.2) is 30.6 Å². The van der Waals surface area contributed by atoms with Crippen molar-refractivity contribution in [1.29, 1.82) is 0 Å². The fraction of sp³-hybridized carbons (Fsp3) is 0.520. The van der Waals surface area contributed by atoms with Crippen molar-refractivity contribution in [2.75, 3.05) is 13.1 Å². The zero-order chi connectivity index (χ0) is 24.3. The van der Waals surface area contributed by atoms with Gasteiger partial charge in [-0.15, -0.1) is 0 Å². The molecule has 1 saturated carbocycles. The lowest BCUT2D eigenvalue weighted by Crippen LogP contribution is -2.65. The number of fused-ring (bicyclic) bond motifs is 1. The Morgan fingerprint density at radius 2 is 1.97 bits per heavy atom. The molecule has 4 rings (SSSR count). The summed E-state index contributed by atoms with van der Waals surface area (Å²) in [7, 11) is 0. The highest BCUT2D eigenvalue weighted by Gasteiger charge is 2.48. The summed E-state index contributed by atoms with van der Waals surface area (Å²) in [5.74, 6) is -0.901. The number of carbonyl (C=O) groups excluding carboxylic acids is 3. The van der Waals surface area contributed by atoms with Gasteiger partial charge in [0.25, 0.3) is 11.8 Å². The Morgan fingerprint density at radius 1 is 1.24 bits per heavy atom. The lowest BCUT2D eigenvalue weighted by Gasteiger charge is -2.44. The number of benzene rings is 1. The fourth-order valence-corrected chi connectivity index (χ4v) is 5.16. The molecule has 0 spiro atoms. The molecule has 0 radical (unpaired) electrons. The van der Waals surface area contributed by atoms with E-state index < -0.39 is 11.4 Å². The number of hydrogen-bond acceptors (Lipinski definition) is 4. The Bertz CT molecular complexity index is 1080. The van der Waals surface area contributed by atoms with Gasteiger partial charge in [0.05, 0.1) is 12.9 Å². The second-order valence-corrected chi connectivity index (χ2v) is 9.76. The van der Waals surface area contributed by atoms with Crippen molar-refractivity contribution < 1.29 is 14.4 Å². The summed E-state index contributed by atoms with van der Waals surface area (Å²) in [5.41, 5.74) is 0.213. The first kappa shape index (κ1) is 24.3. The smallest absolute Gasteiger partial charge is 0.273 e. The van der Waals surface area contributed by atoms with Crippen LogP contribution in [0.3, 0.4) is 0 Å². The molecule has 0 bridgehead atoms. The summed E-state index contributed by atoms with van der Waals surface area (Å²) in [6.07, 6.45) is 6.92. The lowest BCUT2D eigenvalue weighted by molar-refractivity contribution is -0.133. The first-order valence-corrected chi connectivity index (χ1v) is 12.4. The lowest BCUT2D eigenvalue weighted by atomic mass is 9.93. The molecule has 2 aliphatic rings. The number of nitrogens with zero attached hydrogens (tertiary/aromatic N) is 3. The summed E-state index contributed by atoms with van der Waals surface area (Å²) in [5, 5.41) is 6.65. The second-order valence-electron chi connectivity index (χ2n) is 9.35. The maximum atomic E-state index is 13.6. The second kappa shape index (κ2) is 10.2. The average Bonchev–Trinajstić information content (AvgIpc) is 3.47. The van der Waals surface area contributed by atoms with Gasteiger partial charge < -0.3 is 20.1 Å². The molecular formula is C25H32ClN5O3. The summed E-state index contributed by atoms with van der Waals surface area (Å²) in [6.45, 7) is 4.82. The number of hydrogen-bond donors (Lipinski definition) is 2. The van der Waals surface area contributed by atoms with E-state index in [2.05, 4.69) is 15.6 Å². The highest BCUT2D eigenvalue weighted by molar-refractivity contribution is 6.31. The Kier molecular flexibility index (Phi) is 7.26. The number of aromatic nitrogens is 2. The molecule has 182 valence electrons. The Labute approximate surface area is 205 Å². The van der Waals surface area contributed by atoms with Crippen LogP contribution < -0.4 is 10.6 Å². The van der Waals surface area contributed by atoms with Gasteiger partial charge in [0.2, 0.25) is 5.91 Å². The number of halogens is 1. The van der Waals surface area contributed by atoms with Crippen molar-refractivity contribution in [1.82, 2.24) is 25.1 Å². The SMILES string of the molecule is CCCN1C(=O)c2c(C(=O)NCCc3ccccc3Cl)ncn2C[C@]1(C)C(=O)NC1CCCC1. The van der Waals surface area contributed by atoms with Crippen LogP contribution in [-0.2, 0) is 17.8 Å². The minimum atomic E-state index is -1.04. The topological polar surface area (TPSA) is 96.3 Å². The van der Waals surface area contributed by atoms with Gasteiger partial charge in [-0.25, -0.2) is 4.98 Å². The van der Waals surface area contributed by atoms with Crippen molar-refractivity contribution in [2.24, 2.45) is 0 Å². The molecule has 2 N–H and O–H groups in total. The fourth-order valence-electron chi connectivity index (χ4n) is 4.93. The molecule has 0 saturated heterocycles.